The van der Waals surface area contributed by atoms with Crippen LogP contribution in [0.15, 0.2) is 97.6 Å². The molecule has 0 aliphatic heterocycles. The normalized spacial score (nSPS) is 10.7. The van der Waals surface area contributed by atoms with Gasteiger partial charge in [-0.3, -0.25) is 4.79 Å². The second-order valence-corrected chi connectivity index (χ2v) is 8.30. The summed E-state index contributed by atoms with van der Waals surface area (Å²) in [7, 11) is 0. The Balaban J connectivity index is 1.33. The Morgan fingerprint density at radius 1 is 0.714 bits per heavy atom. The molecule has 0 aliphatic carbocycles. The van der Waals surface area contributed by atoms with Crippen LogP contribution in [0.25, 0.3) is 21.9 Å². The van der Waals surface area contributed by atoms with E-state index in [1.54, 1.807) is 24.3 Å². The number of hydrogen-bond acceptors (Lipinski definition) is 4. The highest BCUT2D eigenvalue weighted by atomic mass is 16.7. The molecule has 0 aromatic heterocycles. The van der Waals surface area contributed by atoms with Crippen molar-refractivity contribution in [1.82, 2.24) is 0 Å². The van der Waals surface area contributed by atoms with Crippen LogP contribution in [0.4, 0.5) is 0 Å². The molecule has 4 aromatic carbocycles. The third kappa shape index (κ3) is 6.51. The van der Waals surface area contributed by atoms with Gasteiger partial charge in [-0.25, -0.2) is 0 Å². The zero-order chi connectivity index (χ0) is 24.5. The van der Waals surface area contributed by atoms with Crippen molar-refractivity contribution in [2.75, 3.05) is 13.4 Å². The highest BCUT2D eigenvalue weighted by Crippen LogP contribution is 2.28. The summed E-state index contributed by atoms with van der Waals surface area (Å²) in [5, 5.41) is 2.35. The van der Waals surface area contributed by atoms with Crippen molar-refractivity contribution in [3.05, 3.63) is 103 Å². The second kappa shape index (κ2) is 11.9. The number of ether oxygens (including phenoxy) is 3. The van der Waals surface area contributed by atoms with E-state index in [9.17, 15) is 4.79 Å². The number of ketones is 1. The Morgan fingerprint density at radius 3 is 2.00 bits per heavy atom. The summed E-state index contributed by atoms with van der Waals surface area (Å²) >= 11 is 0. The summed E-state index contributed by atoms with van der Waals surface area (Å²) in [6.07, 6.45) is 4.77. The van der Waals surface area contributed by atoms with Crippen LogP contribution in [0, 0.1) is 0 Å². The minimum atomic E-state index is -0.115. The Bertz CT molecular complexity index is 1270. The maximum atomic E-state index is 11.6. The van der Waals surface area contributed by atoms with Crippen LogP contribution in [-0.4, -0.2) is 19.2 Å². The molecule has 0 aliphatic rings. The number of benzene rings is 4. The lowest BCUT2D eigenvalue weighted by atomic mass is 10.0. The molecule has 0 fully saturated rings. The molecule has 0 saturated heterocycles. The van der Waals surface area contributed by atoms with E-state index in [-0.39, 0.29) is 12.6 Å². The van der Waals surface area contributed by atoms with Gasteiger partial charge >= 0.3 is 0 Å². The predicted octanol–water partition coefficient (Wildman–Crippen LogP) is 7.86. The number of allylic oxidation sites excluding steroid dienone is 1. The number of fused-ring (bicyclic) bond motifs is 1. The first-order valence-electron chi connectivity index (χ1n) is 12.0. The third-order valence-electron chi connectivity index (χ3n) is 5.79. The van der Waals surface area contributed by atoms with Crippen molar-refractivity contribution >= 4 is 16.6 Å². The van der Waals surface area contributed by atoms with E-state index in [0.29, 0.717) is 11.3 Å². The fourth-order valence-corrected chi connectivity index (χ4v) is 3.78. The van der Waals surface area contributed by atoms with E-state index in [1.807, 2.05) is 30.3 Å². The summed E-state index contributed by atoms with van der Waals surface area (Å²) in [5.74, 6) is 2.16. The van der Waals surface area contributed by atoms with Crippen molar-refractivity contribution < 1.29 is 19.0 Å². The van der Waals surface area contributed by atoms with Crippen LogP contribution in [0.1, 0.15) is 36.5 Å². The van der Waals surface area contributed by atoms with Gasteiger partial charge in [0, 0.05) is 5.56 Å². The molecule has 0 bridgehead atoms. The topological polar surface area (TPSA) is 44.8 Å². The number of carbonyl (C=O) groups is 1. The second-order valence-electron chi connectivity index (χ2n) is 8.30. The molecule has 4 heteroatoms. The number of unbranched alkanes of at least 4 members (excludes halogenated alkanes) is 2. The Kier molecular flexibility index (Phi) is 8.18. The van der Waals surface area contributed by atoms with Gasteiger partial charge in [-0.2, -0.15) is 0 Å². The number of hydrogen-bond donors (Lipinski definition) is 0. The molecular weight excluding hydrogens is 436 g/mol. The SMILES string of the molecule is C=CC(=O)c1ccc(OCOc2ccc(-c3ccc4cc(OCCCCC)ccc4c3)cc2)cc1. The molecule has 0 radical (unpaired) electrons. The van der Waals surface area contributed by atoms with E-state index >= 15 is 0 Å². The molecule has 0 atom stereocenters. The van der Waals surface area contributed by atoms with Gasteiger partial charge in [0.2, 0.25) is 6.79 Å². The van der Waals surface area contributed by atoms with Gasteiger partial charge in [0.15, 0.2) is 5.78 Å². The van der Waals surface area contributed by atoms with Crippen LogP contribution < -0.4 is 14.2 Å². The van der Waals surface area contributed by atoms with Crippen LogP contribution in [0.3, 0.4) is 0 Å². The smallest absolute Gasteiger partial charge is 0.230 e. The van der Waals surface area contributed by atoms with Crippen molar-refractivity contribution in [2.45, 2.75) is 26.2 Å². The standard InChI is InChI=1S/C31H30O4/c1-3-5-6-19-33-30-18-13-26-20-25(7-8-27(26)21-30)23-9-14-28(15-10-23)34-22-35-29-16-11-24(12-17-29)31(32)4-2/h4,7-18,20-21H,2-3,5-6,19,22H2,1H3. The summed E-state index contributed by atoms with van der Waals surface area (Å²) in [6.45, 7) is 6.53. The number of rotatable bonds is 12. The van der Waals surface area contributed by atoms with Crippen molar-refractivity contribution in [2.24, 2.45) is 0 Å². The summed E-state index contributed by atoms with van der Waals surface area (Å²) in [6, 6.07) is 27.6. The zero-order valence-electron chi connectivity index (χ0n) is 20.0. The van der Waals surface area contributed by atoms with E-state index in [4.69, 9.17) is 14.2 Å². The first kappa shape index (κ1) is 24.1. The van der Waals surface area contributed by atoms with Gasteiger partial charge in [0.05, 0.1) is 6.61 Å². The molecular formula is C31H30O4. The van der Waals surface area contributed by atoms with Crippen LogP contribution in [-0.2, 0) is 0 Å². The quantitative estimate of drug-likeness (QED) is 0.0922. The maximum Gasteiger partial charge on any atom is 0.230 e. The van der Waals surface area contributed by atoms with Crippen molar-refractivity contribution in [1.29, 1.82) is 0 Å². The summed E-state index contributed by atoms with van der Waals surface area (Å²) in [4.78, 5) is 11.6. The van der Waals surface area contributed by atoms with Crippen LogP contribution in [0.5, 0.6) is 17.2 Å². The molecule has 4 rings (SSSR count). The lowest BCUT2D eigenvalue weighted by molar-refractivity contribution is 0.104. The zero-order valence-corrected chi connectivity index (χ0v) is 20.0. The molecule has 0 amide bonds. The van der Waals surface area contributed by atoms with Crippen LogP contribution >= 0.6 is 0 Å². The predicted molar refractivity (Wildman–Crippen MR) is 141 cm³/mol. The fraction of sp³-hybridized carbons (Fsp3) is 0.194. The number of carbonyl (C=O) groups excluding carboxylic acids is 1. The van der Waals surface area contributed by atoms with E-state index < -0.39 is 0 Å². The molecule has 0 heterocycles. The van der Waals surface area contributed by atoms with E-state index in [1.165, 1.54) is 29.7 Å². The monoisotopic (exact) mass is 466 g/mol. The first-order chi connectivity index (χ1) is 17.2. The Labute approximate surface area is 206 Å². The lowest BCUT2D eigenvalue weighted by Crippen LogP contribution is -2.05. The molecule has 0 spiro atoms. The summed E-state index contributed by atoms with van der Waals surface area (Å²) in [5.41, 5.74) is 2.84. The average molecular weight is 467 g/mol. The summed E-state index contributed by atoms with van der Waals surface area (Å²) < 4.78 is 17.2. The highest BCUT2D eigenvalue weighted by Gasteiger charge is 2.04. The minimum absolute atomic E-state index is 0.0763. The molecule has 0 unspecified atom stereocenters. The molecule has 0 N–H and O–H groups in total. The highest BCUT2D eigenvalue weighted by molar-refractivity contribution is 6.04. The average Bonchev–Trinajstić information content (AvgIpc) is 2.91. The van der Waals surface area contributed by atoms with Gasteiger partial charge in [0.1, 0.15) is 17.2 Å². The first-order valence-corrected chi connectivity index (χ1v) is 12.0. The van der Waals surface area contributed by atoms with Crippen molar-refractivity contribution in [3.8, 4) is 28.4 Å². The van der Waals surface area contributed by atoms with Gasteiger partial charge in [-0.05, 0) is 89.0 Å². The van der Waals surface area contributed by atoms with Gasteiger partial charge in [-0.1, -0.05) is 56.7 Å². The van der Waals surface area contributed by atoms with Crippen molar-refractivity contribution in [3.63, 3.8) is 0 Å². The Morgan fingerprint density at radius 2 is 1.31 bits per heavy atom. The van der Waals surface area contributed by atoms with Crippen LogP contribution in [0.2, 0.25) is 0 Å². The molecule has 178 valence electrons. The Hall–Kier alpha value is -4.05. The van der Waals surface area contributed by atoms with Gasteiger partial charge in [0.25, 0.3) is 0 Å². The molecule has 4 aromatic rings. The van der Waals surface area contributed by atoms with E-state index in [2.05, 4.69) is 43.8 Å². The minimum Gasteiger partial charge on any atom is -0.494 e. The lowest BCUT2D eigenvalue weighted by Gasteiger charge is -2.10. The van der Waals surface area contributed by atoms with Gasteiger partial charge in [-0.15, -0.1) is 0 Å². The third-order valence-corrected chi connectivity index (χ3v) is 5.79. The van der Waals surface area contributed by atoms with Gasteiger partial charge < -0.3 is 14.2 Å². The maximum absolute atomic E-state index is 11.6. The van der Waals surface area contributed by atoms with E-state index in [0.717, 1.165) is 35.7 Å². The molecule has 0 saturated carbocycles. The molecule has 35 heavy (non-hydrogen) atoms. The largest absolute Gasteiger partial charge is 0.494 e. The fourth-order valence-electron chi connectivity index (χ4n) is 3.78. The molecule has 4 nitrogen and oxygen atoms in total.